The second-order valence-corrected chi connectivity index (χ2v) is 3.88. The fourth-order valence-corrected chi connectivity index (χ4v) is 1.02. The highest BCUT2D eigenvalue weighted by molar-refractivity contribution is 5.30. The van der Waals surface area contributed by atoms with Gasteiger partial charge >= 0.3 is 0 Å². The number of halogens is 1. The Kier molecular flexibility index (Phi) is 3.66. The number of rotatable bonds is 4. The first-order valence-electron chi connectivity index (χ1n) is 4.76. The van der Waals surface area contributed by atoms with E-state index in [0.29, 0.717) is 5.56 Å². The van der Waals surface area contributed by atoms with Crippen molar-refractivity contribution in [2.24, 2.45) is 5.73 Å². The van der Waals surface area contributed by atoms with Gasteiger partial charge in [0.2, 0.25) is 0 Å². The molecule has 1 aromatic carbocycles. The van der Waals surface area contributed by atoms with E-state index < -0.39 is 11.4 Å². The van der Waals surface area contributed by atoms with Gasteiger partial charge < -0.3 is 15.6 Å². The molecular weight excluding hydrogens is 197 g/mol. The first-order valence-corrected chi connectivity index (χ1v) is 4.76. The Bertz CT molecular complexity index is 339. The van der Waals surface area contributed by atoms with Crippen LogP contribution >= 0.6 is 0 Å². The summed E-state index contributed by atoms with van der Waals surface area (Å²) >= 11 is 0. The van der Waals surface area contributed by atoms with Crippen molar-refractivity contribution < 1.29 is 14.2 Å². The monoisotopic (exact) mass is 213 g/mol. The number of hydrogen-bond acceptors (Lipinski definition) is 3. The Labute approximate surface area is 88.7 Å². The Balaban J connectivity index is 2.70. The van der Waals surface area contributed by atoms with Crippen LogP contribution in [0.1, 0.15) is 12.5 Å². The molecule has 0 heterocycles. The second-order valence-electron chi connectivity index (χ2n) is 3.88. The van der Waals surface area contributed by atoms with Gasteiger partial charge in [-0.2, -0.15) is 0 Å². The molecule has 4 heteroatoms. The molecule has 1 rings (SSSR count). The minimum atomic E-state index is -1.13. The predicted molar refractivity (Wildman–Crippen MR) is 56.3 cm³/mol. The molecule has 84 valence electrons. The highest BCUT2D eigenvalue weighted by Crippen LogP contribution is 2.20. The molecule has 0 spiro atoms. The maximum absolute atomic E-state index is 13.4. The predicted octanol–water partition coefficient (Wildman–Crippen LogP) is 1.22. The van der Waals surface area contributed by atoms with Gasteiger partial charge in [-0.3, -0.25) is 0 Å². The molecular formula is C11H16FNO2. The SMILES string of the molecule is Cc1cccc(OCC(C)(O)CN)c1F. The van der Waals surface area contributed by atoms with E-state index in [1.54, 1.807) is 26.0 Å². The summed E-state index contributed by atoms with van der Waals surface area (Å²) in [4.78, 5) is 0. The molecule has 0 bridgehead atoms. The van der Waals surface area contributed by atoms with Gasteiger partial charge in [0.05, 0.1) is 0 Å². The fourth-order valence-electron chi connectivity index (χ4n) is 1.02. The Hall–Kier alpha value is -1.13. The van der Waals surface area contributed by atoms with Crippen LogP contribution in [0.4, 0.5) is 4.39 Å². The highest BCUT2D eigenvalue weighted by Gasteiger charge is 2.19. The second kappa shape index (κ2) is 4.59. The lowest BCUT2D eigenvalue weighted by molar-refractivity contribution is 0.0183. The number of aliphatic hydroxyl groups is 1. The summed E-state index contributed by atoms with van der Waals surface area (Å²) in [5.41, 5.74) is 4.70. The van der Waals surface area contributed by atoms with Crippen molar-refractivity contribution in [2.75, 3.05) is 13.2 Å². The molecule has 0 saturated carbocycles. The Morgan fingerprint density at radius 1 is 1.53 bits per heavy atom. The van der Waals surface area contributed by atoms with Gasteiger partial charge in [0.15, 0.2) is 11.6 Å². The van der Waals surface area contributed by atoms with Gasteiger partial charge in [-0.05, 0) is 25.5 Å². The van der Waals surface area contributed by atoms with E-state index in [-0.39, 0.29) is 18.9 Å². The molecule has 1 atom stereocenters. The van der Waals surface area contributed by atoms with Crippen molar-refractivity contribution in [1.82, 2.24) is 0 Å². The van der Waals surface area contributed by atoms with E-state index in [1.165, 1.54) is 6.07 Å². The van der Waals surface area contributed by atoms with Crippen molar-refractivity contribution in [3.8, 4) is 5.75 Å². The maximum Gasteiger partial charge on any atom is 0.167 e. The third-order valence-corrected chi connectivity index (χ3v) is 2.13. The van der Waals surface area contributed by atoms with Crippen molar-refractivity contribution in [2.45, 2.75) is 19.4 Å². The van der Waals surface area contributed by atoms with E-state index in [0.717, 1.165) is 0 Å². The number of hydrogen-bond donors (Lipinski definition) is 2. The van der Waals surface area contributed by atoms with Crippen LogP contribution in [-0.2, 0) is 0 Å². The van der Waals surface area contributed by atoms with E-state index >= 15 is 0 Å². The zero-order valence-corrected chi connectivity index (χ0v) is 8.96. The van der Waals surface area contributed by atoms with Crippen LogP contribution in [0.2, 0.25) is 0 Å². The van der Waals surface area contributed by atoms with Crippen LogP contribution in [-0.4, -0.2) is 23.9 Å². The Morgan fingerprint density at radius 3 is 2.80 bits per heavy atom. The van der Waals surface area contributed by atoms with Crippen molar-refractivity contribution >= 4 is 0 Å². The minimum absolute atomic E-state index is 0.0239. The summed E-state index contributed by atoms with van der Waals surface area (Å²) in [6.07, 6.45) is 0. The third-order valence-electron chi connectivity index (χ3n) is 2.13. The zero-order valence-electron chi connectivity index (χ0n) is 8.96. The fraction of sp³-hybridized carbons (Fsp3) is 0.455. The summed E-state index contributed by atoms with van der Waals surface area (Å²) in [6.45, 7) is 3.24. The number of ether oxygens (including phenoxy) is 1. The Morgan fingerprint density at radius 2 is 2.20 bits per heavy atom. The lowest BCUT2D eigenvalue weighted by Gasteiger charge is -2.21. The van der Waals surface area contributed by atoms with Crippen LogP contribution in [0.25, 0.3) is 0 Å². The van der Waals surface area contributed by atoms with Crippen LogP contribution in [0.3, 0.4) is 0 Å². The molecule has 0 aliphatic carbocycles. The van der Waals surface area contributed by atoms with Crippen molar-refractivity contribution in [3.05, 3.63) is 29.6 Å². The molecule has 3 nitrogen and oxygen atoms in total. The van der Waals surface area contributed by atoms with Crippen molar-refractivity contribution in [1.29, 1.82) is 0 Å². The van der Waals surface area contributed by atoms with Crippen LogP contribution < -0.4 is 10.5 Å². The molecule has 1 aromatic rings. The molecule has 0 amide bonds. The lowest BCUT2D eigenvalue weighted by Crippen LogP contribution is -2.40. The first kappa shape index (κ1) is 11.9. The molecule has 0 aliphatic rings. The van der Waals surface area contributed by atoms with Crippen molar-refractivity contribution in [3.63, 3.8) is 0 Å². The van der Waals surface area contributed by atoms with E-state index in [9.17, 15) is 9.50 Å². The van der Waals surface area contributed by atoms with Gasteiger partial charge in [-0.25, -0.2) is 4.39 Å². The highest BCUT2D eigenvalue weighted by atomic mass is 19.1. The van der Waals surface area contributed by atoms with Crippen LogP contribution in [0.15, 0.2) is 18.2 Å². The molecule has 15 heavy (non-hydrogen) atoms. The minimum Gasteiger partial charge on any atom is -0.487 e. The molecule has 0 saturated heterocycles. The van der Waals surface area contributed by atoms with Crippen LogP contribution in [0.5, 0.6) is 5.75 Å². The van der Waals surface area contributed by atoms with Gasteiger partial charge in [-0.15, -0.1) is 0 Å². The number of aryl methyl sites for hydroxylation is 1. The quantitative estimate of drug-likeness (QED) is 0.790. The summed E-state index contributed by atoms with van der Waals surface area (Å²) in [5.74, 6) is -0.256. The summed E-state index contributed by atoms with van der Waals surface area (Å²) in [5, 5.41) is 9.57. The van der Waals surface area contributed by atoms with Gasteiger partial charge in [-0.1, -0.05) is 12.1 Å². The topological polar surface area (TPSA) is 55.5 Å². The molecule has 0 aliphatic heterocycles. The summed E-state index contributed by atoms with van der Waals surface area (Å²) in [6, 6.07) is 4.88. The van der Waals surface area contributed by atoms with E-state index in [4.69, 9.17) is 10.5 Å². The van der Waals surface area contributed by atoms with E-state index in [1.807, 2.05) is 0 Å². The normalized spacial score (nSPS) is 14.7. The summed E-state index contributed by atoms with van der Waals surface area (Å²) < 4.78 is 18.6. The lowest BCUT2D eigenvalue weighted by atomic mass is 10.1. The molecule has 0 radical (unpaired) electrons. The first-order chi connectivity index (χ1) is 6.96. The zero-order chi connectivity index (χ0) is 11.5. The van der Waals surface area contributed by atoms with Gasteiger partial charge in [0, 0.05) is 6.54 Å². The van der Waals surface area contributed by atoms with Crippen LogP contribution in [0, 0.1) is 12.7 Å². The smallest absolute Gasteiger partial charge is 0.167 e. The molecule has 3 N–H and O–H groups in total. The summed E-state index contributed by atoms with van der Waals surface area (Å²) in [7, 11) is 0. The number of nitrogens with two attached hydrogens (primary N) is 1. The van der Waals surface area contributed by atoms with E-state index in [2.05, 4.69) is 0 Å². The largest absolute Gasteiger partial charge is 0.487 e. The van der Waals surface area contributed by atoms with Gasteiger partial charge in [0.1, 0.15) is 12.2 Å². The molecule has 0 fully saturated rings. The number of benzene rings is 1. The maximum atomic E-state index is 13.4. The standard InChI is InChI=1S/C11H16FNO2/c1-8-4-3-5-9(10(8)12)15-7-11(2,14)6-13/h3-5,14H,6-7,13H2,1-2H3. The average molecular weight is 213 g/mol. The molecule has 1 unspecified atom stereocenters. The molecule has 0 aromatic heterocycles. The third kappa shape index (κ3) is 3.18. The average Bonchev–Trinajstić information content (AvgIpc) is 2.20. The van der Waals surface area contributed by atoms with Gasteiger partial charge in [0.25, 0.3) is 0 Å².